The van der Waals surface area contributed by atoms with E-state index < -0.39 is 24.0 Å². The molecule has 3 rings (SSSR count). The zero-order chi connectivity index (χ0) is 14.3. The number of ether oxygens (including phenoxy) is 2. The maximum Gasteiger partial charge on any atom is 0.233 e. The average molecular weight is 282 g/mol. The van der Waals surface area contributed by atoms with Gasteiger partial charge in [-0.25, -0.2) is 9.98 Å². The molecule has 2 fully saturated rings. The van der Waals surface area contributed by atoms with Gasteiger partial charge in [-0.05, 0) is 0 Å². The predicted octanol–water partition coefficient (Wildman–Crippen LogP) is -0.876. The van der Waals surface area contributed by atoms with Crippen LogP contribution in [0.3, 0.4) is 0 Å². The molecule has 20 heavy (non-hydrogen) atoms. The van der Waals surface area contributed by atoms with Gasteiger partial charge in [-0.1, -0.05) is 0 Å². The van der Waals surface area contributed by atoms with Crippen LogP contribution in [0.4, 0.5) is 5.95 Å². The van der Waals surface area contributed by atoms with E-state index in [-0.39, 0.29) is 13.2 Å². The first-order chi connectivity index (χ1) is 9.57. The summed E-state index contributed by atoms with van der Waals surface area (Å²) in [5.74, 6) is 0.458. The van der Waals surface area contributed by atoms with Crippen molar-refractivity contribution in [3.8, 4) is 0 Å². The number of aliphatic hydroxyl groups excluding tert-OH is 2. The van der Waals surface area contributed by atoms with Crippen LogP contribution in [0.25, 0.3) is 0 Å². The van der Waals surface area contributed by atoms with Crippen molar-refractivity contribution in [2.45, 2.75) is 24.0 Å². The summed E-state index contributed by atoms with van der Waals surface area (Å²) in [5.41, 5.74) is -1.04. The van der Waals surface area contributed by atoms with Crippen molar-refractivity contribution >= 4 is 12.3 Å². The molecule has 0 spiro atoms. The molecule has 0 saturated carbocycles. The molecular formula is C12H18N4O4. The van der Waals surface area contributed by atoms with Crippen molar-refractivity contribution in [2.24, 2.45) is 4.99 Å². The number of aromatic nitrogens is 2. The van der Waals surface area contributed by atoms with E-state index in [4.69, 9.17) is 9.47 Å². The van der Waals surface area contributed by atoms with Gasteiger partial charge in [0.1, 0.15) is 17.8 Å². The van der Waals surface area contributed by atoms with E-state index in [1.807, 2.05) is 14.1 Å². The first-order valence-corrected chi connectivity index (χ1v) is 6.39. The standard InChI is InChI=1S/C12H18N4O4/c1-15(2)7-14-11-13-3-4-16(11)10-8-9(18)12(5-17,20-10)6-19-8/h3-4,7-10,17-18H,5-6H2,1-2H3/b14-7+/t8-,9+,10-,12+/m1/s1. The minimum atomic E-state index is -1.04. The fraction of sp³-hybridized carbons (Fsp3) is 0.667. The molecule has 0 amide bonds. The highest BCUT2D eigenvalue weighted by Gasteiger charge is 2.61. The second-order valence-corrected chi connectivity index (χ2v) is 5.29. The van der Waals surface area contributed by atoms with Gasteiger partial charge < -0.3 is 24.6 Å². The molecule has 0 aromatic carbocycles. The Labute approximate surface area is 116 Å². The lowest BCUT2D eigenvalue weighted by Crippen LogP contribution is -2.44. The number of nitrogens with zero attached hydrogens (tertiary/aromatic N) is 4. The van der Waals surface area contributed by atoms with E-state index in [0.29, 0.717) is 5.95 Å². The van der Waals surface area contributed by atoms with Crippen LogP contribution in [0.2, 0.25) is 0 Å². The number of imidazole rings is 1. The van der Waals surface area contributed by atoms with E-state index in [1.54, 1.807) is 28.2 Å². The summed E-state index contributed by atoms with van der Waals surface area (Å²) in [5, 5.41) is 19.6. The Morgan fingerprint density at radius 2 is 2.45 bits per heavy atom. The summed E-state index contributed by atoms with van der Waals surface area (Å²) in [6.45, 7) is -0.0943. The van der Waals surface area contributed by atoms with Crippen molar-refractivity contribution in [3.05, 3.63) is 12.4 Å². The lowest BCUT2D eigenvalue weighted by atomic mass is 10.0. The lowest BCUT2D eigenvalue weighted by Gasteiger charge is -2.29. The summed E-state index contributed by atoms with van der Waals surface area (Å²) < 4.78 is 13.0. The molecule has 0 unspecified atom stereocenters. The molecule has 1 aromatic rings. The van der Waals surface area contributed by atoms with Gasteiger partial charge in [-0.3, -0.25) is 4.57 Å². The van der Waals surface area contributed by atoms with E-state index in [2.05, 4.69) is 9.98 Å². The van der Waals surface area contributed by atoms with Crippen LogP contribution in [-0.4, -0.2) is 76.1 Å². The third kappa shape index (κ3) is 1.92. The molecule has 1 aromatic heterocycles. The summed E-state index contributed by atoms with van der Waals surface area (Å²) in [6.07, 6.45) is 3.04. The minimum Gasteiger partial charge on any atom is -0.393 e. The molecule has 8 nitrogen and oxygen atoms in total. The van der Waals surface area contributed by atoms with Gasteiger partial charge in [0.15, 0.2) is 6.23 Å². The summed E-state index contributed by atoms with van der Waals surface area (Å²) in [6, 6.07) is 0. The first-order valence-electron chi connectivity index (χ1n) is 6.39. The molecule has 3 heterocycles. The van der Waals surface area contributed by atoms with Crippen LogP contribution in [-0.2, 0) is 9.47 Å². The van der Waals surface area contributed by atoms with Gasteiger partial charge >= 0.3 is 0 Å². The third-order valence-electron chi connectivity index (χ3n) is 3.60. The average Bonchev–Trinajstić information content (AvgIpc) is 3.09. The highest BCUT2D eigenvalue weighted by molar-refractivity contribution is 5.57. The SMILES string of the molecule is CN(C)/C=N/c1nccn1[C@@H]1O[C@@]2(CO)CO[C@@H]1[C@@H]2O. The zero-order valence-electron chi connectivity index (χ0n) is 11.4. The molecule has 2 aliphatic heterocycles. The van der Waals surface area contributed by atoms with Gasteiger partial charge in [0.25, 0.3) is 0 Å². The van der Waals surface area contributed by atoms with Crippen molar-refractivity contribution in [2.75, 3.05) is 27.3 Å². The van der Waals surface area contributed by atoms with E-state index >= 15 is 0 Å². The molecule has 2 N–H and O–H groups in total. The largest absolute Gasteiger partial charge is 0.393 e. The maximum atomic E-state index is 10.2. The third-order valence-corrected chi connectivity index (χ3v) is 3.60. The van der Waals surface area contributed by atoms with Crippen LogP contribution in [0, 0.1) is 0 Å². The minimum absolute atomic E-state index is 0.191. The number of aliphatic imine (C=N–C) groups is 1. The summed E-state index contributed by atoms with van der Waals surface area (Å²) >= 11 is 0. The van der Waals surface area contributed by atoms with Crippen LogP contribution in [0.5, 0.6) is 0 Å². The predicted molar refractivity (Wildman–Crippen MR) is 69.8 cm³/mol. The Morgan fingerprint density at radius 1 is 1.65 bits per heavy atom. The van der Waals surface area contributed by atoms with E-state index in [1.165, 1.54) is 0 Å². The molecule has 2 bridgehead atoms. The second-order valence-electron chi connectivity index (χ2n) is 5.29. The maximum absolute atomic E-state index is 10.2. The number of fused-ring (bicyclic) bond motifs is 2. The van der Waals surface area contributed by atoms with Gasteiger partial charge in [0, 0.05) is 26.5 Å². The Kier molecular flexibility index (Phi) is 3.25. The molecule has 8 heteroatoms. The number of hydrogen-bond acceptors (Lipinski definition) is 6. The monoisotopic (exact) mass is 282 g/mol. The molecule has 110 valence electrons. The molecule has 0 radical (unpaired) electrons. The second kappa shape index (κ2) is 4.81. The van der Waals surface area contributed by atoms with Crippen LogP contribution in [0.15, 0.2) is 17.4 Å². The van der Waals surface area contributed by atoms with Gasteiger partial charge in [0.05, 0.1) is 19.6 Å². The Bertz CT molecular complexity index is 517. The zero-order valence-corrected chi connectivity index (χ0v) is 11.4. The van der Waals surface area contributed by atoms with Crippen molar-refractivity contribution in [1.82, 2.24) is 14.5 Å². The lowest BCUT2D eigenvalue weighted by molar-refractivity contribution is -0.185. The van der Waals surface area contributed by atoms with E-state index in [9.17, 15) is 10.2 Å². The van der Waals surface area contributed by atoms with Crippen LogP contribution >= 0.6 is 0 Å². The van der Waals surface area contributed by atoms with Crippen molar-refractivity contribution in [1.29, 1.82) is 0 Å². The Morgan fingerprint density at radius 3 is 3.10 bits per heavy atom. The number of aliphatic hydroxyl groups is 2. The fourth-order valence-corrected chi connectivity index (χ4v) is 2.53. The Balaban J connectivity index is 1.87. The topological polar surface area (TPSA) is 92.3 Å². The van der Waals surface area contributed by atoms with E-state index in [0.717, 1.165) is 0 Å². The molecule has 2 saturated heterocycles. The molecule has 0 aliphatic carbocycles. The normalized spacial score (nSPS) is 36.1. The smallest absolute Gasteiger partial charge is 0.233 e. The quantitative estimate of drug-likeness (QED) is 0.550. The highest BCUT2D eigenvalue weighted by Crippen LogP contribution is 2.45. The Hall–Kier alpha value is -1.48. The number of rotatable bonds is 4. The van der Waals surface area contributed by atoms with Gasteiger partial charge in [0.2, 0.25) is 5.95 Å². The van der Waals surface area contributed by atoms with Crippen LogP contribution < -0.4 is 0 Å². The molecule has 2 aliphatic rings. The number of hydrogen-bond donors (Lipinski definition) is 2. The van der Waals surface area contributed by atoms with Crippen LogP contribution in [0.1, 0.15) is 6.23 Å². The summed E-state index contributed by atoms with van der Waals surface area (Å²) in [4.78, 5) is 10.2. The van der Waals surface area contributed by atoms with Gasteiger partial charge in [-0.15, -0.1) is 0 Å². The van der Waals surface area contributed by atoms with Gasteiger partial charge in [-0.2, -0.15) is 0 Å². The molecular weight excluding hydrogens is 264 g/mol. The van der Waals surface area contributed by atoms with Crippen molar-refractivity contribution in [3.63, 3.8) is 0 Å². The summed E-state index contributed by atoms with van der Waals surface area (Å²) in [7, 11) is 3.72. The fourth-order valence-electron chi connectivity index (χ4n) is 2.53. The van der Waals surface area contributed by atoms with Crippen molar-refractivity contribution < 1.29 is 19.7 Å². The first kappa shape index (κ1) is 13.5. The highest BCUT2D eigenvalue weighted by atomic mass is 16.7. The molecule has 4 atom stereocenters.